The van der Waals surface area contributed by atoms with Gasteiger partial charge in [0.1, 0.15) is 5.75 Å². The lowest BCUT2D eigenvalue weighted by molar-refractivity contribution is -0.0500. The summed E-state index contributed by atoms with van der Waals surface area (Å²) in [5, 5.41) is 4.35. The number of halogens is 2. The molecule has 1 amide bonds. The van der Waals surface area contributed by atoms with Gasteiger partial charge >= 0.3 is 6.61 Å². The van der Waals surface area contributed by atoms with E-state index in [1.54, 1.807) is 27.9 Å². The minimum atomic E-state index is -2.93. The van der Waals surface area contributed by atoms with Gasteiger partial charge in [0.2, 0.25) is 0 Å². The van der Waals surface area contributed by atoms with Gasteiger partial charge in [0.15, 0.2) is 0 Å². The predicted molar refractivity (Wildman–Crippen MR) is 102 cm³/mol. The highest BCUT2D eigenvalue weighted by Crippen LogP contribution is 2.30. The Balaban J connectivity index is 1.62. The van der Waals surface area contributed by atoms with E-state index in [9.17, 15) is 13.6 Å². The minimum Gasteiger partial charge on any atom is -0.433 e. The smallest absolute Gasteiger partial charge is 0.387 e. The van der Waals surface area contributed by atoms with Crippen molar-refractivity contribution in [1.82, 2.24) is 19.7 Å². The number of anilines is 1. The van der Waals surface area contributed by atoms with Gasteiger partial charge in [-0.3, -0.25) is 24.3 Å². The summed E-state index contributed by atoms with van der Waals surface area (Å²) in [6.45, 7) is 3.45. The molecule has 29 heavy (non-hydrogen) atoms. The zero-order valence-electron chi connectivity index (χ0n) is 16.1. The third kappa shape index (κ3) is 3.67. The standard InChI is InChI=1S/C20H19F2N5O2/c1-20(2,3)27-10-13(8-24-27)26-11-17-15(18(26)28)4-5-16(25-17)12-6-14(9-23-7-12)29-19(21)22/h4-10,19H,11H2,1-3H3. The van der Waals surface area contributed by atoms with Gasteiger partial charge in [0, 0.05) is 18.0 Å². The van der Waals surface area contributed by atoms with Gasteiger partial charge < -0.3 is 4.74 Å². The molecule has 0 radical (unpaired) electrons. The molecule has 0 saturated carbocycles. The number of pyridine rings is 2. The van der Waals surface area contributed by atoms with E-state index in [0.717, 1.165) is 0 Å². The molecule has 150 valence electrons. The van der Waals surface area contributed by atoms with E-state index in [0.29, 0.717) is 34.7 Å². The second-order valence-electron chi connectivity index (χ2n) is 7.68. The average Bonchev–Trinajstić information content (AvgIpc) is 3.26. The summed E-state index contributed by atoms with van der Waals surface area (Å²) in [5.74, 6) is -0.201. The Labute approximate surface area is 166 Å². The van der Waals surface area contributed by atoms with Crippen molar-refractivity contribution in [2.75, 3.05) is 4.90 Å². The van der Waals surface area contributed by atoms with E-state index in [1.165, 1.54) is 18.5 Å². The van der Waals surface area contributed by atoms with Crippen molar-refractivity contribution in [3.63, 3.8) is 0 Å². The summed E-state index contributed by atoms with van der Waals surface area (Å²) in [4.78, 5) is 22.9. The van der Waals surface area contributed by atoms with Crippen molar-refractivity contribution < 1.29 is 18.3 Å². The minimum absolute atomic E-state index is 0.0490. The highest BCUT2D eigenvalue weighted by Gasteiger charge is 2.31. The zero-order valence-corrected chi connectivity index (χ0v) is 16.1. The lowest BCUT2D eigenvalue weighted by Crippen LogP contribution is -2.24. The van der Waals surface area contributed by atoms with Crippen LogP contribution in [0.25, 0.3) is 11.3 Å². The monoisotopic (exact) mass is 399 g/mol. The molecule has 1 aliphatic heterocycles. The highest BCUT2D eigenvalue weighted by atomic mass is 19.3. The van der Waals surface area contributed by atoms with Crippen molar-refractivity contribution in [2.24, 2.45) is 0 Å². The van der Waals surface area contributed by atoms with Crippen LogP contribution in [-0.4, -0.2) is 32.3 Å². The molecule has 0 N–H and O–H groups in total. The number of carbonyl (C=O) groups is 1. The van der Waals surface area contributed by atoms with E-state index in [4.69, 9.17) is 0 Å². The summed E-state index contributed by atoms with van der Waals surface area (Å²) in [7, 11) is 0. The van der Waals surface area contributed by atoms with E-state index >= 15 is 0 Å². The summed E-state index contributed by atoms with van der Waals surface area (Å²) in [6.07, 6.45) is 6.21. The molecule has 0 saturated heterocycles. The Bertz CT molecular complexity index is 1070. The normalized spacial score (nSPS) is 13.9. The van der Waals surface area contributed by atoms with Crippen LogP contribution >= 0.6 is 0 Å². The Kier molecular flexibility index (Phi) is 4.52. The van der Waals surface area contributed by atoms with Crippen LogP contribution in [-0.2, 0) is 12.1 Å². The molecular formula is C20H19F2N5O2. The van der Waals surface area contributed by atoms with Crippen molar-refractivity contribution in [3.8, 4) is 17.0 Å². The van der Waals surface area contributed by atoms with Crippen molar-refractivity contribution in [3.05, 3.63) is 54.2 Å². The zero-order chi connectivity index (χ0) is 20.8. The molecule has 0 bridgehead atoms. The molecule has 4 heterocycles. The van der Waals surface area contributed by atoms with Gasteiger partial charge in [-0.25, -0.2) is 0 Å². The summed E-state index contributed by atoms with van der Waals surface area (Å²) >= 11 is 0. The number of amides is 1. The SMILES string of the molecule is CC(C)(C)n1cc(N2Cc3nc(-c4cncc(OC(F)F)c4)ccc3C2=O)cn1. The topological polar surface area (TPSA) is 73.1 Å². The molecular weight excluding hydrogens is 380 g/mol. The van der Waals surface area contributed by atoms with Crippen LogP contribution in [0, 0.1) is 0 Å². The fourth-order valence-electron chi connectivity index (χ4n) is 3.10. The first-order valence-electron chi connectivity index (χ1n) is 8.99. The Morgan fingerprint density at radius 3 is 2.66 bits per heavy atom. The number of aromatic nitrogens is 4. The van der Waals surface area contributed by atoms with Gasteiger partial charge in [-0.05, 0) is 39.0 Å². The molecule has 1 aliphatic rings. The summed E-state index contributed by atoms with van der Waals surface area (Å²) < 4.78 is 31.1. The molecule has 9 heteroatoms. The first kappa shape index (κ1) is 19.0. The van der Waals surface area contributed by atoms with Gasteiger partial charge in [-0.15, -0.1) is 0 Å². The molecule has 0 aromatic carbocycles. The fourth-order valence-corrected chi connectivity index (χ4v) is 3.10. The average molecular weight is 399 g/mol. The van der Waals surface area contributed by atoms with E-state index in [2.05, 4.69) is 19.8 Å². The number of fused-ring (bicyclic) bond motifs is 1. The molecule has 3 aromatic heterocycles. The van der Waals surface area contributed by atoms with Crippen LogP contribution in [0.2, 0.25) is 0 Å². The first-order valence-corrected chi connectivity index (χ1v) is 8.99. The maximum atomic E-state index is 12.8. The lowest BCUT2D eigenvalue weighted by Gasteiger charge is -2.19. The number of rotatable bonds is 4. The van der Waals surface area contributed by atoms with Crippen LogP contribution in [0.1, 0.15) is 36.8 Å². The van der Waals surface area contributed by atoms with E-state index in [1.807, 2.05) is 27.0 Å². The number of ether oxygens (including phenoxy) is 1. The van der Waals surface area contributed by atoms with Crippen LogP contribution in [0.5, 0.6) is 5.75 Å². The number of hydrogen-bond donors (Lipinski definition) is 0. The van der Waals surface area contributed by atoms with E-state index in [-0.39, 0.29) is 17.2 Å². The van der Waals surface area contributed by atoms with Gasteiger partial charge in [0.25, 0.3) is 5.91 Å². The number of carbonyl (C=O) groups excluding carboxylic acids is 1. The maximum Gasteiger partial charge on any atom is 0.387 e. The van der Waals surface area contributed by atoms with Crippen molar-refractivity contribution in [2.45, 2.75) is 39.5 Å². The van der Waals surface area contributed by atoms with Gasteiger partial charge in [-0.1, -0.05) is 0 Å². The Hall–Kier alpha value is -3.36. The molecule has 0 atom stereocenters. The van der Waals surface area contributed by atoms with Crippen LogP contribution in [0.15, 0.2) is 43.0 Å². The van der Waals surface area contributed by atoms with E-state index < -0.39 is 6.61 Å². The summed E-state index contributed by atoms with van der Waals surface area (Å²) in [6, 6.07) is 4.80. The van der Waals surface area contributed by atoms with Gasteiger partial charge in [0.05, 0.1) is 47.1 Å². The highest BCUT2D eigenvalue weighted by molar-refractivity contribution is 6.09. The molecule has 3 aromatic rings. The second-order valence-corrected chi connectivity index (χ2v) is 7.68. The number of alkyl halides is 2. The third-order valence-corrected chi connectivity index (χ3v) is 4.56. The summed E-state index contributed by atoms with van der Waals surface area (Å²) in [5.41, 5.74) is 2.66. The maximum absolute atomic E-state index is 12.8. The van der Waals surface area contributed by atoms with Crippen LogP contribution in [0.4, 0.5) is 14.5 Å². The number of hydrogen-bond acceptors (Lipinski definition) is 5. The fraction of sp³-hybridized carbons (Fsp3) is 0.300. The molecule has 0 aliphatic carbocycles. The van der Waals surface area contributed by atoms with Gasteiger partial charge in [-0.2, -0.15) is 13.9 Å². The molecule has 4 rings (SSSR count). The first-order chi connectivity index (χ1) is 13.7. The van der Waals surface area contributed by atoms with Crippen molar-refractivity contribution >= 4 is 11.6 Å². The molecule has 0 fully saturated rings. The second kappa shape index (κ2) is 6.91. The van der Waals surface area contributed by atoms with Crippen molar-refractivity contribution in [1.29, 1.82) is 0 Å². The van der Waals surface area contributed by atoms with Crippen LogP contribution in [0.3, 0.4) is 0 Å². The predicted octanol–water partition coefficient (Wildman–Crippen LogP) is 3.86. The largest absolute Gasteiger partial charge is 0.433 e. The quantitative estimate of drug-likeness (QED) is 0.666. The lowest BCUT2D eigenvalue weighted by atomic mass is 10.1. The molecule has 7 nitrogen and oxygen atoms in total. The molecule has 0 unspecified atom stereocenters. The number of nitrogens with zero attached hydrogens (tertiary/aromatic N) is 5. The third-order valence-electron chi connectivity index (χ3n) is 4.56. The Morgan fingerprint density at radius 2 is 1.97 bits per heavy atom. The molecule has 0 spiro atoms. The Morgan fingerprint density at radius 1 is 1.17 bits per heavy atom. The van der Waals surface area contributed by atoms with Crippen LogP contribution < -0.4 is 9.64 Å².